The van der Waals surface area contributed by atoms with Crippen LogP contribution in [0.15, 0.2) is 72.8 Å². The average Bonchev–Trinajstić information content (AvgIpc) is 3.27. The van der Waals surface area contributed by atoms with Gasteiger partial charge in [-0.15, -0.1) is 0 Å². The Balaban J connectivity index is 1.53. The van der Waals surface area contributed by atoms with Crippen LogP contribution in [0.1, 0.15) is 31.4 Å². The molecule has 8 heteroatoms. The van der Waals surface area contributed by atoms with Crippen molar-refractivity contribution >= 4 is 29.1 Å². The zero-order chi connectivity index (χ0) is 29.1. The molecule has 1 spiro atoms. The number of anilines is 2. The molecule has 4 aliphatic heterocycles. The number of para-hydroxylation sites is 2. The molecule has 0 bridgehead atoms. The smallest absolute Gasteiger partial charge is 0.253 e. The van der Waals surface area contributed by atoms with Crippen LogP contribution in [0, 0.1) is 25.7 Å². The van der Waals surface area contributed by atoms with Crippen LogP contribution in [0.2, 0.25) is 0 Å². The summed E-state index contributed by atoms with van der Waals surface area (Å²) in [6.07, 6.45) is 8.08. The van der Waals surface area contributed by atoms with Gasteiger partial charge in [-0.3, -0.25) is 14.4 Å². The topological polar surface area (TPSA) is 90.4 Å². The number of carbonyl (C=O) groups excluding carboxylic acids is 3. The Morgan fingerprint density at radius 3 is 2.20 bits per heavy atom. The van der Waals surface area contributed by atoms with Crippen molar-refractivity contribution in [3.63, 3.8) is 0 Å². The Morgan fingerprint density at radius 1 is 0.878 bits per heavy atom. The molecular formula is C33H37N3O5. The molecule has 0 radical (unpaired) electrons. The second-order valence-electron chi connectivity index (χ2n) is 11.7. The van der Waals surface area contributed by atoms with Crippen LogP contribution in [0.4, 0.5) is 11.4 Å². The first-order valence-corrected chi connectivity index (χ1v) is 14.4. The minimum Gasteiger partial charge on any atom is -0.394 e. The number of hydrogen-bond donors (Lipinski definition) is 1. The summed E-state index contributed by atoms with van der Waals surface area (Å²) >= 11 is 0. The van der Waals surface area contributed by atoms with Gasteiger partial charge in [0.1, 0.15) is 11.6 Å². The third-order valence-electron chi connectivity index (χ3n) is 9.39. The van der Waals surface area contributed by atoms with Gasteiger partial charge in [0.25, 0.3) is 5.91 Å². The van der Waals surface area contributed by atoms with Crippen LogP contribution in [0.5, 0.6) is 0 Å². The predicted molar refractivity (Wildman–Crippen MR) is 156 cm³/mol. The van der Waals surface area contributed by atoms with Crippen molar-refractivity contribution < 1.29 is 24.2 Å². The van der Waals surface area contributed by atoms with E-state index in [1.54, 1.807) is 16.7 Å². The minimum absolute atomic E-state index is 0.202. The van der Waals surface area contributed by atoms with E-state index in [1.807, 2.05) is 93.6 Å². The Kier molecular flexibility index (Phi) is 6.66. The van der Waals surface area contributed by atoms with Crippen molar-refractivity contribution in [1.82, 2.24) is 4.90 Å². The lowest BCUT2D eigenvalue weighted by Crippen LogP contribution is -2.58. The maximum atomic E-state index is 14.7. The fourth-order valence-corrected chi connectivity index (χ4v) is 7.53. The van der Waals surface area contributed by atoms with Gasteiger partial charge in [0.2, 0.25) is 11.8 Å². The molecule has 4 heterocycles. The molecule has 2 aromatic carbocycles. The number of fused-ring (bicyclic) bond motifs is 2. The van der Waals surface area contributed by atoms with E-state index in [0.29, 0.717) is 19.5 Å². The number of amides is 3. The number of likely N-dealkylation sites (tertiary alicyclic amines) is 1. The van der Waals surface area contributed by atoms with Crippen LogP contribution in [-0.4, -0.2) is 70.7 Å². The second-order valence-corrected chi connectivity index (χ2v) is 11.7. The summed E-state index contributed by atoms with van der Waals surface area (Å²) in [6.45, 7) is 7.96. The van der Waals surface area contributed by atoms with E-state index in [0.717, 1.165) is 22.5 Å². The second kappa shape index (κ2) is 9.96. The first kappa shape index (κ1) is 27.4. The van der Waals surface area contributed by atoms with E-state index in [4.69, 9.17) is 4.74 Å². The number of nitrogens with zero attached hydrogens (tertiary/aromatic N) is 3. The predicted octanol–water partition coefficient (Wildman–Crippen LogP) is 3.55. The van der Waals surface area contributed by atoms with Gasteiger partial charge >= 0.3 is 0 Å². The molecule has 6 atom stereocenters. The van der Waals surface area contributed by atoms with Crippen molar-refractivity contribution in [2.45, 2.75) is 57.4 Å². The lowest BCUT2D eigenvalue weighted by Gasteiger charge is -2.40. The molecule has 214 valence electrons. The fourth-order valence-electron chi connectivity index (χ4n) is 7.53. The lowest BCUT2D eigenvalue weighted by atomic mass is 9.73. The first-order valence-electron chi connectivity index (χ1n) is 14.4. The van der Waals surface area contributed by atoms with Crippen LogP contribution >= 0.6 is 0 Å². The van der Waals surface area contributed by atoms with Gasteiger partial charge in [0.05, 0.1) is 30.1 Å². The SMILES string of the molecule is CC[C@]12C=CCN(c3ccccc3)C(=O)[C@H]1[C@H]1C(=O)N([C@H](C)CO)C3C(=O)N(c4c(C)cccc4C)CC=C[C@@]31O2. The number of ether oxygens (including phenoxy) is 1. The molecular weight excluding hydrogens is 518 g/mol. The average molecular weight is 556 g/mol. The standard InChI is InChI=1S/C33H37N3O5/c1-5-32-16-10-18-34(24-14-7-6-8-15-24)29(38)25(32)26-30(39)36(23(4)20-37)28-31(40)35(19-11-17-33(26,28)41-32)27-21(2)12-9-13-22(27)3/h6-17,23,25-26,28,37H,5,18-20H2,1-4H3/t23-,25-,26+,28?,32+,33+/m1/s1. The van der Waals surface area contributed by atoms with Gasteiger partial charge in [-0.2, -0.15) is 0 Å². The van der Waals surface area contributed by atoms with Crippen molar-refractivity contribution in [2.75, 3.05) is 29.5 Å². The van der Waals surface area contributed by atoms with Crippen molar-refractivity contribution in [2.24, 2.45) is 11.8 Å². The molecule has 6 rings (SSSR count). The van der Waals surface area contributed by atoms with Crippen LogP contribution in [0.25, 0.3) is 0 Å². The maximum Gasteiger partial charge on any atom is 0.253 e. The molecule has 0 saturated carbocycles. The molecule has 2 aromatic rings. The van der Waals surface area contributed by atoms with Gasteiger partial charge in [-0.05, 0) is 50.5 Å². The molecule has 2 fully saturated rings. The van der Waals surface area contributed by atoms with Crippen LogP contribution in [-0.2, 0) is 19.1 Å². The maximum absolute atomic E-state index is 14.7. The van der Waals surface area contributed by atoms with Gasteiger partial charge in [0.15, 0.2) is 0 Å². The summed E-state index contributed by atoms with van der Waals surface area (Å²) in [6, 6.07) is 13.6. The van der Waals surface area contributed by atoms with E-state index in [1.165, 1.54) is 4.90 Å². The van der Waals surface area contributed by atoms with Gasteiger partial charge in [-0.1, -0.05) is 67.6 Å². The van der Waals surface area contributed by atoms with E-state index in [2.05, 4.69) is 0 Å². The first-order chi connectivity index (χ1) is 19.7. The highest BCUT2D eigenvalue weighted by atomic mass is 16.5. The quantitative estimate of drug-likeness (QED) is 0.570. The molecule has 3 amide bonds. The van der Waals surface area contributed by atoms with E-state index >= 15 is 0 Å². The van der Waals surface area contributed by atoms with Crippen molar-refractivity contribution in [3.8, 4) is 0 Å². The van der Waals surface area contributed by atoms with E-state index in [9.17, 15) is 19.5 Å². The fraction of sp³-hybridized carbons (Fsp3) is 0.424. The van der Waals surface area contributed by atoms with Gasteiger partial charge < -0.3 is 24.5 Å². The Bertz CT molecular complexity index is 1430. The number of hydrogen-bond acceptors (Lipinski definition) is 5. The number of aliphatic hydroxyl groups is 1. The summed E-state index contributed by atoms with van der Waals surface area (Å²) in [5.41, 5.74) is 1.01. The molecule has 0 aliphatic carbocycles. The zero-order valence-electron chi connectivity index (χ0n) is 24.0. The normalized spacial score (nSPS) is 31.6. The van der Waals surface area contributed by atoms with Gasteiger partial charge in [0, 0.05) is 24.5 Å². The summed E-state index contributed by atoms with van der Waals surface area (Å²) in [5.74, 6) is -2.59. The largest absolute Gasteiger partial charge is 0.394 e. The van der Waals surface area contributed by atoms with Crippen LogP contribution < -0.4 is 9.80 Å². The Morgan fingerprint density at radius 2 is 1.54 bits per heavy atom. The van der Waals surface area contributed by atoms with E-state index < -0.39 is 35.1 Å². The Labute approximate surface area is 240 Å². The third kappa shape index (κ3) is 3.84. The summed E-state index contributed by atoms with van der Waals surface area (Å²) < 4.78 is 7.03. The molecule has 1 N–H and O–H groups in total. The van der Waals surface area contributed by atoms with Gasteiger partial charge in [-0.25, -0.2) is 0 Å². The number of aliphatic hydroxyl groups excluding tert-OH is 1. The number of carbonyl (C=O) groups is 3. The Hall–Kier alpha value is -3.75. The summed E-state index contributed by atoms with van der Waals surface area (Å²) in [5, 5.41) is 10.2. The molecule has 0 aromatic heterocycles. The molecule has 4 aliphatic rings. The monoisotopic (exact) mass is 555 g/mol. The minimum atomic E-state index is -1.37. The highest BCUT2D eigenvalue weighted by molar-refractivity contribution is 6.08. The van der Waals surface area contributed by atoms with E-state index in [-0.39, 0.29) is 24.3 Å². The summed E-state index contributed by atoms with van der Waals surface area (Å²) in [7, 11) is 0. The molecule has 1 unspecified atom stereocenters. The molecule has 41 heavy (non-hydrogen) atoms. The summed E-state index contributed by atoms with van der Waals surface area (Å²) in [4.78, 5) is 48.6. The molecule has 8 nitrogen and oxygen atoms in total. The third-order valence-corrected chi connectivity index (χ3v) is 9.39. The highest BCUT2D eigenvalue weighted by Crippen LogP contribution is 2.59. The number of aryl methyl sites for hydroxylation is 2. The zero-order valence-corrected chi connectivity index (χ0v) is 24.0. The number of rotatable bonds is 5. The lowest BCUT2D eigenvalue weighted by molar-refractivity contribution is -0.148. The van der Waals surface area contributed by atoms with Crippen LogP contribution in [0.3, 0.4) is 0 Å². The van der Waals surface area contributed by atoms with Crippen molar-refractivity contribution in [1.29, 1.82) is 0 Å². The molecule has 2 saturated heterocycles. The number of benzene rings is 2. The van der Waals surface area contributed by atoms with Crippen molar-refractivity contribution in [3.05, 3.63) is 84.0 Å². The highest BCUT2D eigenvalue weighted by Gasteiger charge is 2.75.